The van der Waals surface area contributed by atoms with Gasteiger partial charge in [0.05, 0.1) is 16.6 Å². The van der Waals surface area contributed by atoms with Gasteiger partial charge < -0.3 is 14.6 Å². The highest BCUT2D eigenvalue weighted by Gasteiger charge is 2.16. The van der Waals surface area contributed by atoms with Gasteiger partial charge in [0.2, 0.25) is 0 Å². The third-order valence-corrected chi connectivity index (χ3v) is 4.88. The van der Waals surface area contributed by atoms with Crippen LogP contribution in [-0.4, -0.2) is 14.4 Å². The topological polar surface area (TPSA) is 95.5 Å². The molecule has 0 amide bonds. The molecule has 0 aliphatic rings. The summed E-state index contributed by atoms with van der Waals surface area (Å²) in [4.78, 5) is 10.7. The molecular weight excluding hydrogens is 354 g/mol. The Morgan fingerprint density at radius 2 is 1.46 bits per heavy atom. The molecule has 132 valence electrons. The van der Waals surface area contributed by atoms with Crippen molar-refractivity contribution in [1.82, 2.24) is 0 Å². The molecule has 0 aromatic heterocycles. The number of carboxylic acid groups (broad SMARTS) is 1. The van der Waals surface area contributed by atoms with Gasteiger partial charge in [-0.15, -0.1) is 0 Å². The molecule has 26 heavy (non-hydrogen) atoms. The lowest BCUT2D eigenvalue weighted by Crippen LogP contribution is -2.22. The number of ether oxygens (including phenoxy) is 1. The second kappa shape index (κ2) is 7.28. The molecule has 0 saturated heterocycles. The number of benzene rings is 3. The van der Waals surface area contributed by atoms with Crippen LogP contribution in [-0.2, 0) is 10.0 Å². The van der Waals surface area contributed by atoms with E-state index in [1.807, 2.05) is 6.07 Å². The van der Waals surface area contributed by atoms with Gasteiger partial charge in [0.25, 0.3) is 10.0 Å². The Kier molecular flexibility index (Phi) is 4.90. The molecule has 0 aliphatic heterocycles. The van der Waals surface area contributed by atoms with Gasteiger partial charge in [-0.1, -0.05) is 42.5 Å². The van der Waals surface area contributed by atoms with Crippen LogP contribution in [0.3, 0.4) is 0 Å². The molecule has 3 aromatic rings. The van der Waals surface area contributed by atoms with Crippen molar-refractivity contribution in [3.63, 3.8) is 0 Å². The zero-order valence-corrected chi connectivity index (χ0v) is 14.3. The normalized spacial score (nSPS) is 10.9. The Morgan fingerprint density at radius 1 is 0.846 bits per heavy atom. The SMILES string of the molecule is O=C([O-])c1ccc(S(=O)(=O)Nc2ccccc2Oc2ccccc2)cc1. The molecule has 0 heterocycles. The third-order valence-electron chi connectivity index (χ3n) is 3.50. The van der Waals surface area contributed by atoms with Crippen LogP contribution in [0, 0.1) is 0 Å². The summed E-state index contributed by atoms with van der Waals surface area (Å²) in [6.45, 7) is 0. The van der Waals surface area contributed by atoms with Crippen molar-refractivity contribution in [2.45, 2.75) is 4.90 Å². The molecule has 3 rings (SSSR count). The number of hydrogen-bond acceptors (Lipinski definition) is 5. The predicted molar refractivity (Wildman–Crippen MR) is 94.5 cm³/mol. The molecule has 3 aromatic carbocycles. The first-order chi connectivity index (χ1) is 12.5. The van der Waals surface area contributed by atoms with Gasteiger partial charge in [0, 0.05) is 0 Å². The van der Waals surface area contributed by atoms with Crippen molar-refractivity contribution < 1.29 is 23.1 Å². The molecule has 0 spiro atoms. The van der Waals surface area contributed by atoms with E-state index in [1.54, 1.807) is 48.5 Å². The molecule has 0 aliphatic carbocycles. The van der Waals surface area contributed by atoms with Gasteiger partial charge in [0.1, 0.15) is 5.75 Å². The summed E-state index contributed by atoms with van der Waals surface area (Å²) >= 11 is 0. The first-order valence-electron chi connectivity index (χ1n) is 7.62. The molecule has 0 saturated carbocycles. The van der Waals surface area contributed by atoms with Crippen molar-refractivity contribution in [2.75, 3.05) is 4.72 Å². The van der Waals surface area contributed by atoms with E-state index in [0.717, 1.165) is 0 Å². The second-order valence-electron chi connectivity index (χ2n) is 5.33. The van der Waals surface area contributed by atoms with Gasteiger partial charge in [-0.05, 0) is 42.0 Å². The minimum absolute atomic E-state index is 0.0722. The number of nitrogens with one attached hydrogen (secondary N) is 1. The zero-order chi connectivity index (χ0) is 18.6. The van der Waals surface area contributed by atoms with Crippen molar-refractivity contribution in [3.8, 4) is 11.5 Å². The van der Waals surface area contributed by atoms with Crippen LogP contribution >= 0.6 is 0 Å². The van der Waals surface area contributed by atoms with E-state index in [9.17, 15) is 18.3 Å². The molecule has 0 bridgehead atoms. The Hall–Kier alpha value is -3.32. The summed E-state index contributed by atoms with van der Waals surface area (Å²) < 4.78 is 33.3. The number of anilines is 1. The highest BCUT2D eigenvalue weighted by Crippen LogP contribution is 2.30. The number of sulfonamides is 1. The number of rotatable bonds is 6. The van der Waals surface area contributed by atoms with Crippen LogP contribution in [0.5, 0.6) is 11.5 Å². The summed E-state index contributed by atoms with van der Waals surface area (Å²) in [5.41, 5.74) is 0.164. The quantitative estimate of drug-likeness (QED) is 0.722. The Labute approximate surface area is 150 Å². The number of aromatic carboxylic acids is 1. The van der Waals surface area contributed by atoms with Crippen molar-refractivity contribution in [1.29, 1.82) is 0 Å². The van der Waals surface area contributed by atoms with E-state index in [2.05, 4.69) is 4.72 Å². The number of carbonyl (C=O) groups excluding carboxylic acids is 1. The summed E-state index contributed by atoms with van der Waals surface area (Å²) in [6, 6.07) is 20.3. The minimum Gasteiger partial charge on any atom is -0.545 e. The van der Waals surface area contributed by atoms with Crippen LogP contribution in [0.1, 0.15) is 10.4 Å². The average molecular weight is 368 g/mol. The molecule has 0 radical (unpaired) electrons. The lowest BCUT2D eigenvalue weighted by atomic mass is 10.2. The fourth-order valence-electron chi connectivity index (χ4n) is 2.23. The lowest BCUT2D eigenvalue weighted by Gasteiger charge is -2.13. The number of hydrogen-bond donors (Lipinski definition) is 1. The maximum absolute atomic E-state index is 12.6. The van der Waals surface area contributed by atoms with E-state index in [4.69, 9.17) is 4.74 Å². The maximum atomic E-state index is 12.6. The van der Waals surface area contributed by atoms with Crippen molar-refractivity contribution in [2.24, 2.45) is 0 Å². The lowest BCUT2D eigenvalue weighted by molar-refractivity contribution is -0.255. The van der Waals surface area contributed by atoms with Crippen LogP contribution in [0.25, 0.3) is 0 Å². The van der Waals surface area contributed by atoms with Gasteiger partial charge >= 0.3 is 0 Å². The maximum Gasteiger partial charge on any atom is 0.262 e. The first kappa shape index (κ1) is 17.5. The summed E-state index contributed by atoms with van der Waals surface area (Å²) in [5, 5.41) is 10.8. The predicted octanol–water partition coefficient (Wildman–Crippen LogP) is 2.64. The molecule has 0 unspecified atom stereocenters. The summed E-state index contributed by atoms with van der Waals surface area (Å²) in [7, 11) is -3.91. The van der Waals surface area contributed by atoms with E-state index < -0.39 is 16.0 Å². The van der Waals surface area contributed by atoms with E-state index in [1.165, 1.54) is 24.3 Å². The van der Waals surface area contributed by atoms with E-state index in [-0.39, 0.29) is 16.1 Å². The standard InChI is InChI=1S/C19H15NO5S/c21-19(22)14-10-12-16(13-11-14)26(23,24)20-17-8-4-5-9-18(17)25-15-6-2-1-3-7-15/h1-13,20H,(H,21,22)/p-1. The van der Waals surface area contributed by atoms with Crippen LogP contribution in [0.4, 0.5) is 5.69 Å². The van der Waals surface area contributed by atoms with Gasteiger partial charge in [-0.25, -0.2) is 8.42 Å². The monoisotopic (exact) mass is 368 g/mol. The molecule has 1 N–H and O–H groups in total. The summed E-state index contributed by atoms with van der Waals surface area (Å²) in [6.07, 6.45) is 0. The van der Waals surface area contributed by atoms with E-state index in [0.29, 0.717) is 11.5 Å². The fourth-order valence-corrected chi connectivity index (χ4v) is 3.30. The minimum atomic E-state index is -3.91. The van der Waals surface area contributed by atoms with E-state index >= 15 is 0 Å². The smallest absolute Gasteiger partial charge is 0.262 e. The van der Waals surface area contributed by atoms with Crippen LogP contribution in [0.15, 0.2) is 83.8 Å². The molecule has 0 fully saturated rings. The highest BCUT2D eigenvalue weighted by atomic mass is 32.2. The Morgan fingerprint density at radius 3 is 2.12 bits per heavy atom. The third kappa shape index (κ3) is 4.01. The van der Waals surface area contributed by atoms with Gasteiger partial charge in [-0.2, -0.15) is 0 Å². The zero-order valence-electron chi connectivity index (χ0n) is 13.5. The number of carbonyl (C=O) groups is 1. The molecule has 7 heteroatoms. The Bertz CT molecular complexity index is 1020. The molecule has 0 atom stereocenters. The van der Waals surface area contributed by atoms with Crippen LogP contribution in [0.2, 0.25) is 0 Å². The molecule has 6 nitrogen and oxygen atoms in total. The number of carboxylic acids is 1. The largest absolute Gasteiger partial charge is 0.545 e. The van der Waals surface area contributed by atoms with Gasteiger partial charge in [-0.3, -0.25) is 4.72 Å². The molecular formula is C19H14NO5S-. The summed E-state index contributed by atoms with van der Waals surface area (Å²) in [5.74, 6) is -0.463. The highest BCUT2D eigenvalue weighted by molar-refractivity contribution is 7.92. The Balaban J connectivity index is 1.87. The second-order valence-corrected chi connectivity index (χ2v) is 7.01. The van der Waals surface area contributed by atoms with Crippen LogP contribution < -0.4 is 14.6 Å². The average Bonchev–Trinajstić information content (AvgIpc) is 2.64. The van der Waals surface area contributed by atoms with Crippen molar-refractivity contribution >= 4 is 21.7 Å². The van der Waals surface area contributed by atoms with Gasteiger partial charge in [0.15, 0.2) is 5.75 Å². The first-order valence-corrected chi connectivity index (χ1v) is 9.10. The van der Waals surface area contributed by atoms with Crippen molar-refractivity contribution in [3.05, 3.63) is 84.4 Å². The fraction of sp³-hybridized carbons (Fsp3) is 0. The number of para-hydroxylation sites is 3.